The van der Waals surface area contributed by atoms with Gasteiger partial charge < -0.3 is 10.6 Å². The van der Waals surface area contributed by atoms with Crippen molar-refractivity contribution < 1.29 is 14.4 Å². The van der Waals surface area contributed by atoms with Gasteiger partial charge in [-0.1, -0.05) is 50.2 Å². The third-order valence-electron chi connectivity index (χ3n) is 6.10. The number of urea groups is 1. The molecule has 1 saturated heterocycles. The molecular formula is C23H25N3O3. The molecule has 0 radical (unpaired) electrons. The van der Waals surface area contributed by atoms with Crippen LogP contribution in [0.3, 0.4) is 0 Å². The Morgan fingerprint density at radius 2 is 1.90 bits per heavy atom. The first-order valence-electron chi connectivity index (χ1n) is 10.1. The first-order valence-corrected chi connectivity index (χ1v) is 10.1. The minimum atomic E-state index is -1.04. The smallest absolute Gasteiger partial charge is 0.325 e. The summed E-state index contributed by atoms with van der Waals surface area (Å²) in [4.78, 5) is 39.1. The maximum atomic E-state index is 13.1. The van der Waals surface area contributed by atoms with Gasteiger partial charge >= 0.3 is 6.03 Å². The number of amides is 4. The second kappa shape index (κ2) is 7.35. The van der Waals surface area contributed by atoms with Crippen LogP contribution in [0.1, 0.15) is 49.3 Å². The van der Waals surface area contributed by atoms with Gasteiger partial charge in [0.1, 0.15) is 12.1 Å². The quantitative estimate of drug-likeness (QED) is 0.766. The molecule has 2 aromatic carbocycles. The zero-order valence-electron chi connectivity index (χ0n) is 16.7. The molecule has 1 heterocycles. The average Bonchev–Trinajstić information content (AvgIpc) is 3.21. The average molecular weight is 391 g/mol. The van der Waals surface area contributed by atoms with Crippen molar-refractivity contribution >= 4 is 23.5 Å². The number of anilines is 1. The van der Waals surface area contributed by atoms with E-state index in [4.69, 9.17) is 0 Å². The van der Waals surface area contributed by atoms with Crippen LogP contribution < -0.4 is 10.6 Å². The lowest BCUT2D eigenvalue weighted by Crippen LogP contribution is -2.42. The van der Waals surface area contributed by atoms with Crippen molar-refractivity contribution in [2.45, 2.75) is 44.6 Å². The lowest BCUT2D eigenvalue weighted by atomic mass is 9.92. The molecule has 1 aliphatic carbocycles. The van der Waals surface area contributed by atoms with Gasteiger partial charge in [0.2, 0.25) is 5.91 Å². The lowest BCUT2D eigenvalue weighted by Gasteiger charge is -2.22. The van der Waals surface area contributed by atoms with E-state index in [1.165, 1.54) is 5.56 Å². The molecule has 0 saturated carbocycles. The standard InChI is InChI=1S/C23H25N3O3/c1-3-15(2)16-8-10-18(11-9-16)24-20(27)14-26-21(28)23(25-22(26)29)13-12-17-6-4-5-7-19(17)23/h4-11,15H,3,12-14H2,1-2H3,(H,24,27)(H,25,29)/t15-,23+/m0/s1. The third-order valence-corrected chi connectivity index (χ3v) is 6.10. The lowest BCUT2D eigenvalue weighted by molar-refractivity contribution is -0.134. The maximum absolute atomic E-state index is 13.1. The van der Waals surface area contributed by atoms with Gasteiger partial charge in [-0.2, -0.15) is 0 Å². The second-order valence-corrected chi connectivity index (χ2v) is 7.86. The Kier molecular flexibility index (Phi) is 4.86. The van der Waals surface area contributed by atoms with E-state index >= 15 is 0 Å². The van der Waals surface area contributed by atoms with Crippen LogP contribution >= 0.6 is 0 Å². The maximum Gasteiger partial charge on any atom is 0.325 e. The van der Waals surface area contributed by atoms with Crippen molar-refractivity contribution in [3.05, 3.63) is 65.2 Å². The summed E-state index contributed by atoms with van der Waals surface area (Å²) in [6.07, 6.45) is 2.29. The Morgan fingerprint density at radius 3 is 2.62 bits per heavy atom. The number of hydrogen-bond donors (Lipinski definition) is 2. The number of carbonyl (C=O) groups excluding carboxylic acids is 3. The molecule has 0 bridgehead atoms. The second-order valence-electron chi connectivity index (χ2n) is 7.86. The number of hydrogen-bond acceptors (Lipinski definition) is 3. The monoisotopic (exact) mass is 391 g/mol. The summed E-state index contributed by atoms with van der Waals surface area (Å²) in [6, 6.07) is 14.8. The first-order chi connectivity index (χ1) is 13.9. The summed E-state index contributed by atoms with van der Waals surface area (Å²) in [5.41, 5.74) is 2.72. The van der Waals surface area contributed by atoms with Crippen molar-refractivity contribution in [1.29, 1.82) is 0 Å². The highest BCUT2D eigenvalue weighted by atomic mass is 16.2. The van der Waals surface area contributed by atoms with Gasteiger partial charge in [-0.05, 0) is 54.0 Å². The SMILES string of the molecule is CC[C@H](C)c1ccc(NC(=O)CN2C(=O)N[C@@]3(CCc4ccccc43)C2=O)cc1. The van der Waals surface area contributed by atoms with Crippen molar-refractivity contribution in [2.75, 3.05) is 11.9 Å². The molecule has 1 aliphatic heterocycles. The topological polar surface area (TPSA) is 78.5 Å². The van der Waals surface area contributed by atoms with Crippen LogP contribution in [-0.2, 0) is 21.5 Å². The number of benzene rings is 2. The van der Waals surface area contributed by atoms with Crippen LogP contribution in [0.2, 0.25) is 0 Å². The largest absolute Gasteiger partial charge is 0.325 e. The summed E-state index contributed by atoms with van der Waals surface area (Å²) >= 11 is 0. The molecule has 150 valence electrons. The zero-order chi connectivity index (χ0) is 20.6. The van der Waals surface area contributed by atoms with Gasteiger partial charge in [-0.3, -0.25) is 14.5 Å². The summed E-state index contributed by atoms with van der Waals surface area (Å²) in [7, 11) is 0. The molecule has 0 aromatic heterocycles. The van der Waals surface area contributed by atoms with Crippen LogP contribution in [0.15, 0.2) is 48.5 Å². The molecule has 6 heteroatoms. The van der Waals surface area contributed by atoms with E-state index in [1.807, 2.05) is 48.5 Å². The molecule has 4 amide bonds. The molecule has 2 atom stereocenters. The minimum Gasteiger partial charge on any atom is -0.325 e. The van der Waals surface area contributed by atoms with E-state index in [-0.39, 0.29) is 12.5 Å². The Labute approximate surface area is 170 Å². The van der Waals surface area contributed by atoms with Gasteiger partial charge in [-0.15, -0.1) is 0 Å². The molecule has 6 nitrogen and oxygen atoms in total. The van der Waals surface area contributed by atoms with Gasteiger partial charge in [0.15, 0.2) is 0 Å². The molecule has 29 heavy (non-hydrogen) atoms. The number of imide groups is 1. The van der Waals surface area contributed by atoms with Crippen LogP contribution in [0.5, 0.6) is 0 Å². The van der Waals surface area contributed by atoms with Crippen molar-refractivity contribution in [1.82, 2.24) is 10.2 Å². The first kappa shape index (κ1) is 19.2. The fourth-order valence-corrected chi connectivity index (χ4v) is 4.21. The highest BCUT2D eigenvalue weighted by Gasteiger charge is 2.55. The molecule has 4 rings (SSSR count). The summed E-state index contributed by atoms with van der Waals surface area (Å²) in [6.45, 7) is 3.98. The highest BCUT2D eigenvalue weighted by molar-refractivity contribution is 6.10. The van der Waals surface area contributed by atoms with E-state index in [1.54, 1.807) is 0 Å². The summed E-state index contributed by atoms with van der Waals surface area (Å²) in [5.74, 6) is -0.293. The van der Waals surface area contributed by atoms with Gasteiger partial charge in [-0.25, -0.2) is 4.79 Å². The van der Waals surface area contributed by atoms with Gasteiger partial charge in [0, 0.05) is 5.69 Å². The van der Waals surface area contributed by atoms with Crippen molar-refractivity contribution in [3.63, 3.8) is 0 Å². The van der Waals surface area contributed by atoms with Crippen LogP contribution in [0.4, 0.5) is 10.5 Å². The number of carbonyl (C=O) groups is 3. The minimum absolute atomic E-state index is 0.304. The summed E-state index contributed by atoms with van der Waals surface area (Å²) < 4.78 is 0. The predicted molar refractivity (Wildman–Crippen MR) is 110 cm³/mol. The number of rotatable bonds is 5. The van der Waals surface area contributed by atoms with E-state index in [0.717, 1.165) is 28.9 Å². The van der Waals surface area contributed by atoms with E-state index in [2.05, 4.69) is 24.5 Å². The Morgan fingerprint density at radius 1 is 1.17 bits per heavy atom. The highest BCUT2D eigenvalue weighted by Crippen LogP contribution is 2.41. The number of nitrogens with one attached hydrogen (secondary N) is 2. The molecule has 0 unspecified atom stereocenters. The normalized spacial score (nSPS) is 21.2. The number of fused-ring (bicyclic) bond motifs is 2. The van der Waals surface area contributed by atoms with E-state index < -0.39 is 17.5 Å². The van der Waals surface area contributed by atoms with Crippen LogP contribution in [0, 0.1) is 0 Å². The van der Waals surface area contributed by atoms with E-state index in [0.29, 0.717) is 18.0 Å². The van der Waals surface area contributed by atoms with Crippen molar-refractivity contribution in [3.8, 4) is 0 Å². The molecule has 2 aromatic rings. The van der Waals surface area contributed by atoms with Crippen LogP contribution in [-0.4, -0.2) is 29.3 Å². The zero-order valence-corrected chi connectivity index (χ0v) is 16.7. The molecule has 1 spiro atoms. The summed E-state index contributed by atoms with van der Waals surface area (Å²) in [5, 5.41) is 5.62. The van der Waals surface area contributed by atoms with Crippen molar-refractivity contribution in [2.24, 2.45) is 0 Å². The fraction of sp³-hybridized carbons (Fsp3) is 0.348. The molecular weight excluding hydrogens is 366 g/mol. The number of aryl methyl sites for hydroxylation is 1. The predicted octanol–water partition coefficient (Wildman–Crippen LogP) is 3.53. The van der Waals surface area contributed by atoms with E-state index in [9.17, 15) is 14.4 Å². The Hall–Kier alpha value is -3.15. The van der Waals surface area contributed by atoms with Gasteiger partial charge in [0.05, 0.1) is 0 Å². The third kappa shape index (κ3) is 3.28. The molecule has 2 N–H and O–H groups in total. The molecule has 1 fully saturated rings. The van der Waals surface area contributed by atoms with Crippen LogP contribution in [0.25, 0.3) is 0 Å². The Balaban J connectivity index is 1.45. The molecule has 2 aliphatic rings. The fourth-order valence-electron chi connectivity index (χ4n) is 4.21. The van der Waals surface area contributed by atoms with Gasteiger partial charge in [0.25, 0.3) is 5.91 Å². The Bertz CT molecular complexity index is 970. The number of nitrogens with zero attached hydrogens (tertiary/aromatic N) is 1.